The lowest BCUT2D eigenvalue weighted by Gasteiger charge is -2.39. The van der Waals surface area contributed by atoms with E-state index in [0.29, 0.717) is 0 Å². The Morgan fingerprint density at radius 3 is 1.40 bits per heavy atom. The summed E-state index contributed by atoms with van der Waals surface area (Å²) in [5.41, 5.74) is 12.1. The highest BCUT2D eigenvalue weighted by molar-refractivity contribution is 6.72. The third-order valence-corrected chi connectivity index (χ3v) is 12.3. The van der Waals surface area contributed by atoms with Gasteiger partial charge in [-0.25, -0.2) is 0 Å². The van der Waals surface area contributed by atoms with E-state index in [1.165, 1.54) is 73.7 Å². The van der Waals surface area contributed by atoms with Gasteiger partial charge in [0.1, 0.15) is 0 Å². The molecule has 2 atom stereocenters. The minimum Gasteiger partial charge on any atom is -0.114 e. The van der Waals surface area contributed by atoms with E-state index in [9.17, 15) is 0 Å². The summed E-state index contributed by atoms with van der Waals surface area (Å²) in [4.78, 5) is 0. The standard InChI is InChI=1S/C22H30Cl2Si/c1-13-15(3)21(23,19-11-7-5-9-17(13)19)25-22(24)16(4)14(2)18-10-6-8-12-20(18)22/h5-12,25H2,1-4H3. The lowest BCUT2D eigenvalue weighted by molar-refractivity contribution is 0.660. The number of hydrogen-bond donors (Lipinski definition) is 0. The maximum Gasteiger partial charge on any atom is 0.0914 e. The average Bonchev–Trinajstić information content (AvgIpc) is 2.93. The van der Waals surface area contributed by atoms with Crippen molar-refractivity contribution in [2.75, 3.05) is 0 Å². The predicted octanol–water partition coefficient (Wildman–Crippen LogP) is 6.47. The smallest absolute Gasteiger partial charge is 0.0914 e. The van der Waals surface area contributed by atoms with Crippen molar-refractivity contribution in [2.45, 2.75) is 88.1 Å². The van der Waals surface area contributed by atoms with Crippen LogP contribution in [-0.2, 0) is 0 Å². The van der Waals surface area contributed by atoms with Crippen LogP contribution in [0.3, 0.4) is 0 Å². The molecule has 0 amide bonds. The molecule has 0 radical (unpaired) electrons. The van der Waals surface area contributed by atoms with E-state index in [1.54, 1.807) is 22.3 Å². The highest BCUT2D eigenvalue weighted by Crippen LogP contribution is 2.56. The fourth-order valence-electron chi connectivity index (χ4n) is 5.83. The van der Waals surface area contributed by atoms with Crippen LogP contribution in [0.4, 0.5) is 0 Å². The van der Waals surface area contributed by atoms with Gasteiger partial charge in [0.25, 0.3) is 0 Å². The zero-order valence-corrected chi connectivity index (χ0v) is 19.0. The molecule has 0 fully saturated rings. The normalized spacial score (nSPS) is 36.2. The number of rotatable bonds is 2. The molecule has 0 spiro atoms. The Labute approximate surface area is 165 Å². The molecule has 25 heavy (non-hydrogen) atoms. The SMILES string of the molecule is CC1=C(C)C(Cl)([SiH2]C2(Cl)C(C)=C(C)C3=C2CCCC3)C2=C1CCCC2. The summed E-state index contributed by atoms with van der Waals surface area (Å²) in [6.07, 6.45) is 10.0. The quantitative estimate of drug-likeness (QED) is 0.373. The first-order valence-corrected chi connectivity index (χ1v) is 12.2. The molecule has 3 heteroatoms. The summed E-state index contributed by atoms with van der Waals surface area (Å²) in [6.45, 7) is 9.16. The first-order chi connectivity index (χ1) is 11.8. The first kappa shape index (κ1) is 18.1. The Bertz CT molecular complexity index is 703. The number of halogens is 2. The van der Waals surface area contributed by atoms with Crippen LogP contribution < -0.4 is 0 Å². The largest absolute Gasteiger partial charge is 0.114 e. The molecular weight excluding hydrogens is 363 g/mol. The Morgan fingerprint density at radius 1 is 0.640 bits per heavy atom. The van der Waals surface area contributed by atoms with Gasteiger partial charge < -0.3 is 0 Å². The molecule has 0 aromatic rings. The molecule has 0 aromatic heterocycles. The first-order valence-electron chi connectivity index (χ1n) is 10.00. The zero-order valence-electron chi connectivity index (χ0n) is 16.1. The topological polar surface area (TPSA) is 0 Å². The van der Waals surface area contributed by atoms with Gasteiger partial charge in [0.05, 0.1) is 18.5 Å². The van der Waals surface area contributed by atoms with E-state index in [1.807, 2.05) is 0 Å². The molecule has 0 N–H and O–H groups in total. The van der Waals surface area contributed by atoms with Gasteiger partial charge in [-0.05, 0) is 124 Å². The highest BCUT2D eigenvalue weighted by Gasteiger charge is 2.52. The van der Waals surface area contributed by atoms with Crippen molar-refractivity contribution in [1.82, 2.24) is 0 Å². The molecule has 0 aromatic carbocycles. The van der Waals surface area contributed by atoms with Crippen molar-refractivity contribution >= 4 is 32.7 Å². The summed E-state index contributed by atoms with van der Waals surface area (Å²) in [5, 5.41) is 0. The van der Waals surface area contributed by atoms with E-state index in [-0.39, 0.29) is 8.99 Å². The van der Waals surface area contributed by atoms with Crippen molar-refractivity contribution in [3.05, 3.63) is 44.6 Å². The zero-order chi connectivity index (χ0) is 18.0. The summed E-state index contributed by atoms with van der Waals surface area (Å²) in [5.74, 6) is 0. The molecule has 0 nitrogen and oxygen atoms in total. The minimum absolute atomic E-state index is 0.233. The molecular formula is C22H30Cl2Si. The molecule has 4 aliphatic carbocycles. The van der Waals surface area contributed by atoms with Crippen LogP contribution in [0.2, 0.25) is 0 Å². The molecule has 0 bridgehead atoms. The summed E-state index contributed by atoms with van der Waals surface area (Å²) >= 11 is 15.0. The van der Waals surface area contributed by atoms with Crippen LogP contribution in [0.1, 0.15) is 79.1 Å². The van der Waals surface area contributed by atoms with Gasteiger partial charge in [0, 0.05) is 0 Å². The van der Waals surface area contributed by atoms with Gasteiger partial charge >= 0.3 is 0 Å². The Hall–Kier alpha value is -0.243. The molecule has 0 saturated carbocycles. The summed E-state index contributed by atoms with van der Waals surface area (Å²) < 4.78 is -0.466. The highest BCUT2D eigenvalue weighted by atomic mass is 35.5. The van der Waals surface area contributed by atoms with Crippen molar-refractivity contribution < 1.29 is 0 Å². The van der Waals surface area contributed by atoms with E-state index in [2.05, 4.69) is 27.7 Å². The van der Waals surface area contributed by atoms with Crippen molar-refractivity contribution in [3.63, 3.8) is 0 Å². The number of allylic oxidation sites excluding steroid dienone is 8. The van der Waals surface area contributed by atoms with Crippen LogP contribution in [0, 0.1) is 0 Å². The van der Waals surface area contributed by atoms with E-state index in [4.69, 9.17) is 23.2 Å². The molecule has 2 unspecified atom stereocenters. The minimum atomic E-state index is -0.819. The second kappa shape index (κ2) is 6.14. The van der Waals surface area contributed by atoms with Crippen LogP contribution in [0.15, 0.2) is 44.6 Å². The molecule has 0 heterocycles. The Balaban J connectivity index is 1.79. The molecule has 136 valence electrons. The van der Waals surface area contributed by atoms with Gasteiger partial charge in [0.2, 0.25) is 0 Å². The van der Waals surface area contributed by atoms with E-state index < -0.39 is 9.52 Å². The third-order valence-electron chi connectivity index (χ3n) is 7.60. The fraction of sp³-hybridized carbons (Fsp3) is 0.636. The maximum atomic E-state index is 7.52. The third kappa shape index (κ3) is 2.45. The average molecular weight is 393 g/mol. The van der Waals surface area contributed by atoms with Crippen molar-refractivity contribution in [1.29, 1.82) is 0 Å². The summed E-state index contributed by atoms with van der Waals surface area (Å²) in [6, 6.07) is 0. The van der Waals surface area contributed by atoms with Gasteiger partial charge in [-0.3, -0.25) is 0 Å². The van der Waals surface area contributed by atoms with Gasteiger partial charge in [-0.1, -0.05) is 0 Å². The van der Waals surface area contributed by atoms with E-state index in [0.717, 1.165) is 0 Å². The Morgan fingerprint density at radius 2 is 1.00 bits per heavy atom. The number of hydrogen-bond acceptors (Lipinski definition) is 0. The molecule has 4 aliphatic rings. The Kier molecular flexibility index (Phi) is 4.46. The molecule has 4 rings (SSSR count). The summed E-state index contributed by atoms with van der Waals surface area (Å²) in [7, 11) is -0.819. The maximum absolute atomic E-state index is 7.52. The molecule has 0 saturated heterocycles. The predicted molar refractivity (Wildman–Crippen MR) is 113 cm³/mol. The van der Waals surface area contributed by atoms with E-state index >= 15 is 0 Å². The lowest BCUT2D eigenvalue weighted by Crippen LogP contribution is -2.46. The van der Waals surface area contributed by atoms with Crippen molar-refractivity contribution in [2.24, 2.45) is 0 Å². The second-order valence-electron chi connectivity index (χ2n) is 8.61. The van der Waals surface area contributed by atoms with Gasteiger partial charge in [0.15, 0.2) is 0 Å². The number of alkyl halides is 2. The van der Waals surface area contributed by atoms with Crippen LogP contribution in [0.5, 0.6) is 0 Å². The second-order valence-corrected chi connectivity index (χ2v) is 13.3. The van der Waals surface area contributed by atoms with Crippen LogP contribution >= 0.6 is 23.2 Å². The van der Waals surface area contributed by atoms with Crippen LogP contribution in [0.25, 0.3) is 0 Å². The fourth-order valence-corrected chi connectivity index (χ4v) is 10.9. The monoisotopic (exact) mass is 392 g/mol. The van der Waals surface area contributed by atoms with Crippen molar-refractivity contribution in [3.8, 4) is 0 Å². The molecule has 0 aliphatic heterocycles. The van der Waals surface area contributed by atoms with Gasteiger partial charge in [-0.15, -0.1) is 23.2 Å². The lowest BCUT2D eigenvalue weighted by atomic mass is 9.91. The van der Waals surface area contributed by atoms with Crippen LogP contribution in [-0.4, -0.2) is 18.5 Å². The van der Waals surface area contributed by atoms with Gasteiger partial charge in [-0.2, -0.15) is 0 Å².